The van der Waals surface area contributed by atoms with Crippen molar-refractivity contribution in [2.75, 3.05) is 26.7 Å². The van der Waals surface area contributed by atoms with Gasteiger partial charge in [0.1, 0.15) is 0 Å². The molecule has 2 N–H and O–H groups in total. The lowest BCUT2D eigenvalue weighted by Gasteiger charge is -2.20. The molecule has 1 unspecified atom stereocenters. The monoisotopic (exact) mass is 257 g/mol. The normalized spacial score (nSPS) is 18.9. The summed E-state index contributed by atoms with van der Waals surface area (Å²) >= 11 is 0. The minimum absolute atomic E-state index is 0.101. The van der Waals surface area contributed by atoms with E-state index in [1.807, 2.05) is 42.4 Å². The van der Waals surface area contributed by atoms with E-state index < -0.39 is 0 Å². The molecule has 2 aromatic rings. The van der Waals surface area contributed by atoms with Crippen LogP contribution >= 0.6 is 0 Å². The Balaban J connectivity index is 1.78. The van der Waals surface area contributed by atoms with E-state index in [2.05, 4.69) is 10.3 Å². The first-order chi connectivity index (χ1) is 9.25. The van der Waals surface area contributed by atoms with E-state index in [9.17, 15) is 4.79 Å². The number of nitrogens with one attached hydrogen (secondary N) is 2. The first-order valence-corrected chi connectivity index (χ1v) is 6.78. The van der Waals surface area contributed by atoms with E-state index in [4.69, 9.17) is 0 Å². The average Bonchev–Trinajstić information content (AvgIpc) is 3.06. The number of benzene rings is 1. The summed E-state index contributed by atoms with van der Waals surface area (Å²) in [4.78, 5) is 17.5. The van der Waals surface area contributed by atoms with Gasteiger partial charge in [-0.05, 0) is 31.5 Å². The smallest absolute Gasteiger partial charge is 0.255 e. The number of rotatable bonds is 3. The number of fused-ring (bicyclic) bond motifs is 1. The summed E-state index contributed by atoms with van der Waals surface area (Å²) in [6.07, 6.45) is 2.97. The molecular weight excluding hydrogens is 238 g/mol. The molecule has 0 aliphatic carbocycles. The molecule has 1 aliphatic heterocycles. The van der Waals surface area contributed by atoms with Crippen LogP contribution in [0.4, 0.5) is 0 Å². The van der Waals surface area contributed by atoms with E-state index in [0.717, 1.165) is 42.5 Å². The number of H-pyrrole nitrogens is 1. The molecule has 1 aromatic heterocycles. The van der Waals surface area contributed by atoms with Gasteiger partial charge in [0.25, 0.3) is 5.91 Å². The highest BCUT2D eigenvalue weighted by atomic mass is 16.2. The number of nitrogens with zero attached hydrogens (tertiary/aromatic N) is 1. The Morgan fingerprint density at radius 1 is 1.42 bits per heavy atom. The Kier molecular flexibility index (Phi) is 3.25. The van der Waals surface area contributed by atoms with Crippen LogP contribution in [-0.4, -0.2) is 42.5 Å². The molecule has 1 amide bonds. The predicted molar refractivity (Wildman–Crippen MR) is 76.2 cm³/mol. The van der Waals surface area contributed by atoms with E-state index in [-0.39, 0.29) is 5.91 Å². The van der Waals surface area contributed by atoms with Crippen LogP contribution in [0.5, 0.6) is 0 Å². The summed E-state index contributed by atoms with van der Waals surface area (Å²) in [6, 6.07) is 7.92. The van der Waals surface area contributed by atoms with Crippen molar-refractivity contribution in [1.82, 2.24) is 15.2 Å². The molecule has 2 heterocycles. The Labute approximate surface area is 112 Å². The third kappa shape index (κ3) is 2.36. The van der Waals surface area contributed by atoms with Crippen LogP contribution in [-0.2, 0) is 0 Å². The van der Waals surface area contributed by atoms with Gasteiger partial charge in [0.15, 0.2) is 0 Å². The highest BCUT2D eigenvalue weighted by Gasteiger charge is 2.21. The maximum Gasteiger partial charge on any atom is 0.255 e. The van der Waals surface area contributed by atoms with Gasteiger partial charge in [-0.2, -0.15) is 0 Å². The molecule has 1 atom stereocenters. The summed E-state index contributed by atoms with van der Waals surface area (Å²) < 4.78 is 0. The van der Waals surface area contributed by atoms with Crippen LogP contribution in [0.1, 0.15) is 16.8 Å². The number of aromatic nitrogens is 1. The van der Waals surface area contributed by atoms with E-state index >= 15 is 0 Å². The van der Waals surface area contributed by atoms with Gasteiger partial charge in [-0.15, -0.1) is 0 Å². The van der Waals surface area contributed by atoms with Crippen molar-refractivity contribution in [2.45, 2.75) is 6.42 Å². The number of hydrogen-bond donors (Lipinski definition) is 2. The van der Waals surface area contributed by atoms with Gasteiger partial charge in [-0.25, -0.2) is 0 Å². The lowest BCUT2D eigenvalue weighted by Crippen LogP contribution is -2.32. The minimum atomic E-state index is 0.101. The summed E-state index contributed by atoms with van der Waals surface area (Å²) in [5, 5.41) is 4.34. The molecule has 0 bridgehead atoms. The predicted octanol–water partition coefficient (Wildman–Crippen LogP) is 1.85. The average molecular weight is 257 g/mol. The zero-order valence-electron chi connectivity index (χ0n) is 11.1. The van der Waals surface area contributed by atoms with E-state index in [1.165, 1.54) is 0 Å². The second kappa shape index (κ2) is 5.05. The van der Waals surface area contributed by atoms with Crippen LogP contribution in [0.2, 0.25) is 0 Å². The fourth-order valence-electron chi connectivity index (χ4n) is 2.79. The zero-order chi connectivity index (χ0) is 13.2. The number of carbonyl (C=O) groups excluding carboxylic acids is 1. The molecule has 0 saturated carbocycles. The Morgan fingerprint density at radius 3 is 3.05 bits per heavy atom. The Morgan fingerprint density at radius 2 is 2.26 bits per heavy atom. The van der Waals surface area contributed by atoms with Gasteiger partial charge < -0.3 is 15.2 Å². The lowest BCUT2D eigenvalue weighted by molar-refractivity contribution is 0.0778. The van der Waals surface area contributed by atoms with Crippen molar-refractivity contribution >= 4 is 16.8 Å². The van der Waals surface area contributed by atoms with Crippen molar-refractivity contribution in [3.63, 3.8) is 0 Å². The quantitative estimate of drug-likeness (QED) is 0.881. The van der Waals surface area contributed by atoms with Crippen molar-refractivity contribution < 1.29 is 4.79 Å². The van der Waals surface area contributed by atoms with Crippen molar-refractivity contribution in [2.24, 2.45) is 5.92 Å². The maximum absolute atomic E-state index is 12.5. The molecular formula is C15H19N3O. The molecule has 1 aliphatic rings. The zero-order valence-corrected chi connectivity index (χ0v) is 11.1. The summed E-state index contributed by atoms with van der Waals surface area (Å²) in [5.74, 6) is 0.684. The van der Waals surface area contributed by atoms with Gasteiger partial charge in [-0.1, -0.05) is 18.2 Å². The second-order valence-electron chi connectivity index (χ2n) is 5.29. The van der Waals surface area contributed by atoms with Crippen LogP contribution in [0.15, 0.2) is 30.5 Å². The molecule has 4 heteroatoms. The summed E-state index contributed by atoms with van der Waals surface area (Å²) in [5.41, 5.74) is 1.78. The summed E-state index contributed by atoms with van der Waals surface area (Å²) in [6.45, 7) is 2.91. The van der Waals surface area contributed by atoms with Gasteiger partial charge in [-0.3, -0.25) is 4.79 Å². The first-order valence-electron chi connectivity index (χ1n) is 6.78. The molecule has 3 rings (SSSR count). The largest absolute Gasteiger partial charge is 0.360 e. The topological polar surface area (TPSA) is 48.1 Å². The third-order valence-electron chi connectivity index (χ3n) is 3.86. The number of hydrogen-bond acceptors (Lipinski definition) is 2. The molecule has 0 radical (unpaired) electrons. The van der Waals surface area contributed by atoms with Crippen molar-refractivity contribution in [1.29, 1.82) is 0 Å². The van der Waals surface area contributed by atoms with Gasteiger partial charge >= 0.3 is 0 Å². The number of para-hydroxylation sites is 1. The molecule has 4 nitrogen and oxygen atoms in total. The lowest BCUT2D eigenvalue weighted by atomic mass is 10.1. The van der Waals surface area contributed by atoms with Crippen LogP contribution in [0.3, 0.4) is 0 Å². The van der Waals surface area contributed by atoms with E-state index in [1.54, 1.807) is 0 Å². The minimum Gasteiger partial charge on any atom is -0.360 e. The second-order valence-corrected chi connectivity index (χ2v) is 5.29. The highest BCUT2D eigenvalue weighted by Crippen LogP contribution is 2.20. The van der Waals surface area contributed by atoms with Crippen LogP contribution in [0.25, 0.3) is 10.9 Å². The maximum atomic E-state index is 12.5. The van der Waals surface area contributed by atoms with Gasteiger partial charge in [0, 0.05) is 30.7 Å². The van der Waals surface area contributed by atoms with Gasteiger partial charge in [0.2, 0.25) is 0 Å². The third-order valence-corrected chi connectivity index (χ3v) is 3.86. The highest BCUT2D eigenvalue weighted by molar-refractivity contribution is 6.06. The SMILES string of the molecule is CN(CC1CCNC1)C(=O)c1c[nH]c2ccccc12. The van der Waals surface area contributed by atoms with E-state index in [0.29, 0.717) is 5.92 Å². The molecule has 19 heavy (non-hydrogen) atoms. The van der Waals surface area contributed by atoms with Crippen molar-refractivity contribution in [3.8, 4) is 0 Å². The Hall–Kier alpha value is -1.81. The Bertz CT molecular complexity index is 584. The van der Waals surface area contributed by atoms with Gasteiger partial charge in [0.05, 0.1) is 5.56 Å². The summed E-state index contributed by atoms with van der Waals surface area (Å²) in [7, 11) is 1.89. The fraction of sp³-hybridized carbons (Fsp3) is 0.400. The van der Waals surface area contributed by atoms with Crippen LogP contribution in [0, 0.1) is 5.92 Å². The molecule has 1 saturated heterocycles. The fourth-order valence-corrected chi connectivity index (χ4v) is 2.79. The van der Waals surface area contributed by atoms with Crippen molar-refractivity contribution in [3.05, 3.63) is 36.0 Å². The number of amides is 1. The first kappa shape index (κ1) is 12.2. The molecule has 1 aromatic carbocycles. The standard InChI is InChI=1S/C15H19N3O/c1-18(10-11-6-7-16-8-11)15(19)13-9-17-14-5-3-2-4-12(13)14/h2-5,9,11,16-17H,6-8,10H2,1H3. The van der Waals surface area contributed by atoms with Crippen LogP contribution < -0.4 is 5.32 Å². The number of aromatic amines is 1. The molecule has 100 valence electrons. The molecule has 1 fully saturated rings. The molecule has 0 spiro atoms. The number of carbonyl (C=O) groups is 1.